The number of rotatable bonds is 8. The second-order valence-electron chi connectivity index (χ2n) is 9.81. The summed E-state index contributed by atoms with van der Waals surface area (Å²) >= 11 is 0. The fourth-order valence-electron chi connectivity index (χ4n) is 5.19. The molecular weight excluding hydrogens is 464 g/mol. The van der Waals surface area contributed by atoms with Crippen LogP contribution in [0.1, 0.15) is 52.9 Å². The van der Waals surface area contributed by atoms with E-state index in [9.17, 15) is 14.4 Å². The van der Waals surface area contributed by atoms with Crippen LogP contribution >= 0.6 is 0 Å². The topological polar surface area (TPSA) is 79.5 Å². The second kappa shape index (κ2) is 10.1. The molecule has 2 heterocycles. The lowest BCUT2D eigenvalue weighted by Gasteiger charge is -2.27. The molecular formula is C31H30N2O4. The van der Waals surface area contributed by atoms with Gasteiger partial charge in [-0.05, 0) is 59.4 Å². The number of aromatic nitrogens is 1. The predicted molar refractivity (Wildman–Crippen MR) is 143 cm³/mol. The van der Waals surface area contributed by atoms with Gasteiger partial charge in [0.05, 0.1) is 13.2 Å². The molecule has 0 aliphatic carbocycles. The quantitative estimate of drug-likeness (QED) is 0.199. The number of nitrogens with zero attached hydrogens (tertiary/aromatic N) is 1. The summed E-state index contributed by atoms with van der Waals surface area (Å²) in [6, 6.07) is 21.9. The van der Waals surface area contributed by atoms with Gasteiger partial charge in [0, 0.05) is 29.2 Å². The van der Waals surface area contributed by atoms with Gasteiger partial charge in [0.1, 0.15) is 11.7 Å². The summed E-state index contributed by atoms with van der Waals surface area (Å²) in [5.74, 6) is -1.76. The van der Waals surface area contributed by atoms with E-state index in [1.807, 2.05) is 54.7 Å². The Labute approximate surface area is 216 Å². The van der Waals surface area contributed by atoms with Crippen LogP contribution in [0, 0.1) is 5.92 Å². The van der Waals surface area contributed by atoms with Crippen molar-refractivity contribution in [1.82, 2.24) is 9.88 Å². The van der Waals surface area contributed by atoms with Crippen LogP contribution in [0.5, 0.6) is 5.75 Å². The van der Waals surface area contributed by atoms with Gasteiger partial charge in [-0.25, -0.2) is 0 Å². The number of methoxy groups -OCH3 is 1. The van der Waals surface area contributed by atoms with Crippen molar-refractivity contribution in [2.45, 2.75) is 32.2 Å². The molecule has 1 amide bonds. The molecule has 0 bridgehead atoms. The molecule has 1 aliphatic heterocycles. The molecule has 188 valence electrons. The average Bonchev–Trinajstić information content (AvgIpc) is 3.45. The Morgan fingerprint density at radius 2 is 1.68 bits per heavy atom. The summed E-state index contributed by atoms with van der Waals surface area (Å²) in [7, 11) is 1.55. The number of amides is 1. The molecule has 1 aliphatic rings. The molecule has 37 heavy (non-hydrogen) atoms. The number of hydrogen-bond acceptors (Lipinski definition) is 4. The van der Waals surface area contributed by atoms with Gasteiger partial charge >= 0.3 is 0 Å². The number of H-pyrrole nitrogens is 1. The molecule has 0 radical (unpaired) electrons. The average molecular weight is 495 g/mol. The molecule has 0 spiro atoms. The van der Waals surface area contributed by atoms with Gasteiger partial charge in [0.15, 0.2) is 5.78 Å². The van der Waals surface area contributed by atoms with Crippen LogP contribution in [0.15, 0.2) is 79.0 Å². The van der Waals surface area contributed by atoms with Gasteiger partial charge in [-0.15, -0.1) is 0 Å². The van der Waals surface area contributed by atoms with Crippen molar-refractivity contribution in [2.75, 3.05) is 13.7 Å². The van der Waals surface area contributed by atoms with E-state index in [4.69, 9.17) is 4.74 Å². The lowest BCUT2D eigenvalue weighted by molar-refractivity contribution is -0.140. The van der Waals surface area contributed by atoms with Crippen LogP contribution in [0.3, 0.4) is 0 Å². The number of nitrogens with one attached hydrogen (secondary N) is 1. The van der Waals surface area contributed by atoms with Gasteiger partial charge in [-0.3, -0.25) is 14.4 Å². The lowest BCUT2D eigenvalue weighted by Crippen LogP contribution is -2.32. The zero-order chi connectivity index (χ0) is 26.1. The standard InChI is InChI=1S/C31H30N2O4/c1-19(2)20-8-10-21(11-9-20)28-27(29(34)22-12-14-24(37-3)15-13-22)30(35)31(36)33(28)17-16-23-18-32-26-7-5-4-6-25(23)26/h4-15,18-19,27-28,32H,16-17H2,1-3H3. The van der Waals surface area contributed by atoms with Crippen LogP contribution < -0.4 is 4.74 Å². The Bertz CT molecular complexity index is 1450. The van der Waals surface area contributed by atoms with E-state index < -0.39 is 23.7 Å². The van der Waals surface area contributed by atoms with Gasteiger partial charge in [-0.1, -0.05) is 56.3 Å². The van der Waals surface area contributed by atoms with Crippen molar-refractivity contribution in [1.29, 1.82) is 0 Å². The number of carbonyl (C=O) groups excluding carboxylic acids is 3. The normalized spacial score (nSPS) is 17.7. The number of hydrogen-bond donors (Lipinski definition) is 1. The Kier molecular flexibility index (Phi) is 6.66. The largest absolute Gasteiger partial charge is 0.497 e. The van der Waals surface area contributed by atoms with Crippen LogP contribution in [0.2, 0.25) is 0 Å². The first kappa shape index (κ1) is 24.5. The minimum absolute atomic E-state index is 0.329. The van der Waals surface area contributed by atoms with E-state index in [2.05, 4.69) is 18.8 Å². The Morgan fingerprint density at radius 3 is 2.35 bits per heavy atom. The fraction of sp³-hybridized carbons (Fsp3) is 0.258. The van der Waals surface area contributed by atoms with Crippen molar-refractivity contribution in [3.8, 4) is 5.75 Å². The van der Waals surface area contributed by atoms with E-state index in [1.165, 1.54) is 0 Å². The number of Topliss-reactive ketones (excluding diaryl/α,β-unsaturated/α-hetero) is 2. The monoisotopic (exact) mass is 494 g/mol. The van der Waals surface area contributed by atoms with E-state index in [1.54, 1.807) is 36.3 Å². The number of fused-ring (bicyclic) bond motifs is 1. The highest BCUT2D eigenvalue weighted by Crippen LogP contribution is 2.39. The van der Waals surface area contributed by atoms with Crippen molar-refractivity contribution >= 4 is 28.4 Å². The highest BCUT2D eigenvalue weighted by Gasteiger charge is 2.51. The smallest absolute Gasteiger partial charge is 0.291 e. The third kappa shape index (κ3) is 4.55. The first-order valence-electron chi connectivity index (χ1n) is 12.6. The summed E-state index contributed by atoms with van der Waals surface area (Å²) in [5.41, 5.74) is 4.41. The summed E-state index contributed by atoms with van der Waals surface area (Å²) < 4.78 is 5.21. The van der Waals surface area contributed by atoms with Crippen LogP contribution in [-0.4, -0.2) is 41.0 Å². The minimum atomic E-state index is -1.10. The minimum Gasteiger partial charge on any atom is -0.497 e. The molecule has 4 aromatic rings. The molecule has 5 rings (SSSR count). The van der Waals surface area contributed by atoms with Crippen molar-refractivity contribution in [2.24, 2.45) is 5.92 Å². The zero-order valence-corrected chi connectivity index (χ0v) is 21.2. The second-order valence-corrected chi connectivity index (χ2v) is 9.81. The van der Waals surface area contributed by atoms with Gasteiger partial charge < -0.3 is 14.6 Å². The number of para-hydroxylation sites is 1. The molecule has 1 N–H and O–H groups in total. The number of aromatic amines is 1. The number of ketones is 2. The number of carbonyl (C=O) groups is 3. The maximum Gasteiger partial charge on any atom is 0.291 e. The SMILES string of the molecule is COc1ccc(C(=O)C2C(=O)C(=O)N(CCc3c[nH]c4ccccc34)C2c2ccc(C(C)C)cc2)cc1. The Morgan fingerprint density at radius 1 is 0.973 bits per heavy atom. The van der Waals surface area contributed by atoms with E-state index >= 15 is 0 Å². The Hall–Kier alpha value is -4.19. The van der Waals surface area contributed by atoms with Crippen molar-refractivity contribution in [3.05, 3.63) is 101 Å². The summed E-state index contributed by atoms with van der Waals surface area (Å²) in [5, 5.41) is 1.09. The van der Waals surface area contributed by atoms with Crippen LogP contribution in [0.4, 0.5) is 0 Å². The predicted octanol–water partition coefficient (Wildman–Crippen LogP) is 5.49. The molecule has 6 nitrogen and oxygen atoms in total. The molecule has 1 aromatic heterocycles. The molecule has 2 atom stereocenters. The third-order valence-electron chi connectivity index (χ3n) is 7.30. The number of benzene rings is 3. The summed E-state index contributed by atoms with van der Waals surface area (Å²) in [6.07, 6.45) is 2.51. The molecule has 0 saturated carbocycles. The van der Waals surface area contributed by atoms with E-state index in [0.717, 1.165) is 27.6 Å². The highest BCUT2D eigenvalue weighted by molar-refractivity contribution is 6.44. The highest BCUT2D eigenvalue weighted by atomic mass is 16.5. The maximum absolute atomic E-state index is 13.7. The van der Waals surface area contributed by atoms with E-state index in [-0.39, 0.29) is 5.78 Å². The zero-order valence-electron chi connectivity index (χ0n) is 21.2. The van der Waals surface area contributed by atoms with Crippen LogP contribution in [-0.2, 0) is 16.0 Å². The van der Waals surface area contributed by atoms with Gasteiger partial charge in [0.2, 0.25) is 5.78 Å². The van der Waals surface area contributed by atoms with Crippen LogP contribution in [0.25, 0.3) is 10.9 Å². The van der Waals surface area contributed by atoms with Crippen molar-refractivity contribution < 1.29 is 19.1 Å². The maximum atomic E-state index is 13.7. The molecule has 3 aromatic carbocycles. The Balaban J connectivity index is 1.50. The first-order chi connectivity index (χ1) is 17.9. The molecule has 1 fully saturated rings. The summed E-state index contributed by atoms with van der Waals surface area (Å²) in [6.45, 7) is 4.55. The first-order valence-corrected chi connectivity index (χ1v) is 12.6. The van der Waals surface area contributed by atoms with Gasteiger partial charge in [-0.2, -0.15) is 0 Å². The lowest BCUT2D eigenvalue weighted by atomic mass is 9.85. The third-order valence-corrected chi connectivity index (χ3v) is 7.30. The van der Waals surface area contributed by atoms with E-state index in [0.29, 0.717) is 30.2 Å². The number of ether oxygens (including phenoxy) is 1. The number of likely N-dealkylation sites (tertiary alicyclic amines) is 1. The van der Waals surface area contributed by atoms with Crippen molar-refractivity contribution in [3.63, 3.8) is 0 Å². The molecule has 6 heteroatoms. The summed E-state index contributed by atoms with van der Waals surface area (Å²) in [4.78, 5) is 45.2. The fourth-order valence-corrected chi connectivity index (χ4v) is 5.19. The molecule has 2 unspecified atom stereocenters. The molecule has 1 saturated heterocycles. The van der Waals surface area contributed by atoms with Gasteiger partial charge in [0.25, 0.3) is 5.91 Å².